The molecule has 4 heteroatoms. The van der Waals surface area contributed by atoms with Crippen molar-refractivity contribution >= 4 is 0 Å². The third kappa shape index (κ3) is 5.13. The van der Waals surface area contributed by atoms with Crippen molar-refractivity contribution < 1.29 is 13.9 Å². The quantitative estimate of drug-likeness (QED) is 0.745. The van der Waals surface area contributed by atoms with Crippen LogP contribution in [0.5, 0.6) is 0 Å². The van der Waals surface area contributed by atoms with Gasteiger partial charge in [-0.15, -0.1) is 0 Å². The number of methoxy groups -OCH3 is 1. The van der Waals surface area contributed by atoms with Gasteiger partial charge in [0.1, 0.15) is 11.5 Å². The maximum Gasteiger partial charge on any atom is 0.118 e. The van der Waals surface area contributed by atoms with Gasteiger partial charge in [-0.1, -0.05) is 6.92 Å². The van der Waals surface area contributed by atoms with Gasteiger partial charge in [-0.2, -0.15) is 0 Å². The summed E-state index contributed by atoms with van der Waals surface area (Å²) in [5.74, 6) is 1.97. The number of furan rings is 1. The van der Waals surface area contributed by atoms with Crippen LogP contribution >= 0.6 is 0 Å². The van der Waals surface area contributed by atoms with Crippen molar-refractivity contribution in [2.75, 3.05) is 13.7 Å². The molecule has 0 radical (unpaired) electrons. The fraction of sp³-hybridized carbons (Fsp3) is 0.765. The summed E-state index contributed by atoms with van der Waals surface area (Å²) in [6.07, 6.45) is 6.33. The second-order valence-corrected chi connectivity index (χ2v) is 5.93. The lowest BCUT2D eigenvalue weighted by Crippen LogP contribution is -2.27. The van der Waals surface area contributed by atoms with Crippen LogP contribution in [0.1, 0.15) is 56.1 Å². The van der Waals surface area contributed by atoms with E-state index in [0.29, 0.717) is 18.8 Å². The Labute approximate surface area is 128 Å². The van der Waals surface area contributed by atoms with Gasteiger partial charge in [0.2, 0.25) is 0 Å². The molecule has 120 valence electrons. The molecule has 1 aliphatic carbocycles. The van der Waals surface area contributed by atoms with Gasteiger partial charge >= 0.3 is 0 Å². The van der Waals surface area contributed by atoms with Gasteiger partial charge in [0.25, 0.3) is 0 Å². The summed E-state index contributed by atoms with van der Waals surface area (Å²) in [7, 11) is 1.79. The predicted octanol–water partition coefficient (Wildman–Crippen LogP) is 3.56. The monoisotopic (exact) mass is 295 g/mol. The van der Waals surface area contributed by atoms with Gasteiger partial charge in [0.05, 0.1) is 25.4 Å². The van der Waals surface area contributed by atoms with Crippen molar-refractivity contribution in [1.82, 2.24) is 5.32 Å². The van der Waals surface area contributed by atoms with Gasteiger partial charge in [-0.3, -0.25) is 0 Å². The smallest absolute Gasteiger partial charge is 0.118 e. The van der Waals surface area contributed by atoms with E-state index in [9.17, 15) is 0 Å². The highest BCUT2D eigenvalue weighted by atomic mass is 16.5. The van der Waals surface area contributed by atoms with Crippen LogP contribution < -0.4 is 5.32 Å². The Morgan fingerprint density at radius 2 is 2.14 bits per heavy atom. The SMILES string of the molecule is CCCNCc1cc(COC2CCCC(OC)C2)c(C)o1. The Hall–Kier alpha value is -0.840. The summed E-state index contributed by atoms with van der Waals surface area (Å²) in [5.41, 5.74) is 1.17. The molecule has 4 nitrogen and oxygen atoms in total. The fourth-order valence-electron chi connectivity index (χ4n) is 2.88. The number of rotatable bonds is 8. The summed E-state index contributed by atoms with van der Waals surface area (Å²) in [4.78, 5) is 0. The lowest BCUT2D eigenvalue weighted by atomic mass is 9.95. The molecular weight excluding hydrogens is 266 g/mol. The second kappa shape index (κ2) is 8.57. The van der Waals surface area contributed by atoms with E-state index in [1.807, 2.05) is 6.92 Å². The highest BCUT2D eigenvalue weighted by Crippen LogP contribution is 2.25. The molecule has 1 aliphatic rings. The van der Waals surface area contributed by atoms with Crippen LogP contribution in [0.2, 0.25) is 0 Å². The number of ether oxygens (including phenoxy) is 2. The zero-order valence-electron chi connectivity index (χ0n) is 13.6. The first-order valence-corrected chi connectivity index (χ1v) is 8.16. The molecule has 2 atom stereocenters. The fourth-order valence-corrected chi connectivity index (χ4v) is 2.88. The highest BCUT2D eigenvalue weighted by Gasteiger charge is 2.22. The second-order valence-electron chi connectivity index (χ2n) is 5.93. The Bertz CT molecular complexity index is 416. The molecule has 0 spiro atoms. The van der Waals surface area contributed by atoms with Gasteiger partial charge in [-0.25, -0.2) is 0 Å². The van der Waals surface area contributed by atoms with Crippen LogP contribution in [0.15, 0.2) is 10.5 Å². The number of nitrogens with one attached hydrogen (secondary N) is 1. The molecule has 1 aromatic rings. The van der Waals surface area contributed by atoms with E-state index >= 15 is 0 Å². The maximum absolute atomic E-state index is 6.06. The molecule has 0 amide bonds. The van der Waals surface area contributed by atoms with E-state index in [2.05, 4.69) is 18.3 Å². The van der Waals surface area contributed by atoms with Crippen molar-refractivity contribution in [2.45, 2.75) is 71.3 Å². The van der Waals surface area contributed by atoms with Gasteiger partial charge in [0.15, 0.2) is 0 Å². The standard InChI is InChI=1S/C17H29NO3/c1-4-8-18-11-17-9-14(13(2)21-17)12-20-16-7-5-6-15(10-16)19-3/h9,15-16,18H,4-8,10-12H2,1-3H3. The Morgan fingerprint density at radius 1 is 1.33 bits per heavy atom. The van der Waals surface area contributed by atoms with Crippen LogP contribution in [0.4, 0.5) is 0 Å². The molecular formula is C17H29NO3. The third-order valence-corrected chi connectivity index (χ3v) is 4.18. The molecule has 1 fully saturated rings. The summed E-state index contributed by atoms with van der Waals surface area (Å²) < 4.78 is 17.3. The summed E-state index contributed by atoms with van der Waals surface area (Å²) in [5, 5.41) is 3.36. The molecule has 0 saturated heterocycles. The predicted molar refractivity (Wildman–Crippen MR) is 83.3 cm³/mol. The first-order valence-electron chi connectivity index (χ1n) is 8.16. The molecule has 1 saturated carbocycles. The van der Waals surface area contributed by atoms with Gasteiger partial charge in [-0.05, 0) is 51.6 Å². The Kier molecular flexibility index (Phi) is 6.74. The van der Waals surface area contributed by atoms with Crippen LogP contribution in [0.3, 0.4) is 0 Å². The van der Waals surface area contributed by atoms with Crippen molar-refractivity contribution in [3.63, 3.8) is 0 Å². The van der Waals surface area contributed by atoms with Crippen LogP contribution in [0.25, 0.3) is 0 Å². The third-order valence-electron chi connectivity index (χ3n) is 4.18. The molecule has 0 aliphatic heterocycles. The molecule has 1 heterocycles. The first kappa shape index (κ1) is 16.5. The van der Waals surface area contributed by atoms with E-state index in [-0.39, 0.29) is 0 Å². The van der Waals surface area contributed by atoms with Crippen LogP contribution in [-0.2, 0) is 22.6 Å². The zero-order chi connectivity index (χ0) is 15.1. The summed E-state index contributed by atoms with van der Waals surface area (Å²) in [6.45, 7) is 6.64. The van der Waals surface area contributed by atoms with E-state index < -0.39 is 0 Å². The molecule has 0 aromatic carbocycles. The minimum atomic E-state index is 0.319. The number of hydrogen-bond acceptors (Lipinski definition) is 4. The highest BCUT2D eigenvalue weighted by molar-refractivity contribution is 5.20. The largest absolute Gasteiger partial charge is 0.465 e. The minimum absolute atomic E-state index is 0.319. The molecule has 2 rings (SSSR count). The average molecular weight is 295 g/mol. The Morgan fingerprint density at radius 3 is 2.90 bits per heavy atom. The van der Waals surface area contributed by atoms with Gasteiger partial charge in [0, 0.05) is 12.7 Å². The molecule has 1 aromatic heterocycles. The Balaban J connectivity index is 1.79. The van der Waals surface area contributed by atoms with E-state index in [0.717, 1.165) is 50.3 Å². The van der Waals surface area contributed by atoms with Crippen LogP contribution in [0, 0.1) is 6.92 Å². The van der Waals surface area contributed by atoms with Crippen molar-refractivity contribution in [2.24, 2.45) is 0 Å². The van der Waals surface area contributed by atoms with Crippen molar-refractivity contribution in [1.29, 1.82) is 0 Å². The maximum atomic E-state index is 6.06. The average Bonchev–Trinajstić information content (AvgIpc) is 2.86. The van der Waals surface area contributed by atoms with E-state index in [4.69, 9.17) is 13.9 Å². The minimum Gasteiger partial charge on any atom is -0.465 e. The molecule has 2 unspecified atom stereocenters. The van der Waals surface area contributed by atoms with E-state index in [1.165, 1.54) is 12.0 Å². The van der Waals surface area contributed by atoms with E-state index in [1.54, 1.807) is 7.11 Å². The molecule has 0 bridgehead atoms. The van der Waals surface area contributed by atoms with Gasteiger partial charge < -0.3 is 19.2 Å². The first-order chi connectivity index (χ1) is 10.2. The lowest BCUT2D eigenvalue weighted by molar-refractivity contribution is -0.0365. The van der Waals surface area contributed by atoms with Crippen molar-refractivity contribution in [3.8, 4) is 0 Å². The number of hydrogen-bond donors (Lipinski definition) is 1. The molecule has 21 heavy (non-hydrogen) atoms. The summed E-state index contributed by atoms with van der Waals surface area (Å²) >= 11 is 0. The normalized spacial score (nSPS) is 22.6. The summed E-state index contributed by atoms with van der Waals surface area (Å²) in [6, 6.07) is 2.12. The lowest BCUT2D eigenvalue weighted by Gasteiger charge is -2.28. The number of aryl methyl sites for hydroxylation is 1. The van der Waals surface area contributed by atoms with Crippen LogP contribution in [-0.4, -0.2) is 25.9 Å². The molecule has 1 N–H and O–H groups in total. The topological polar surface area (TPSA) is 43.6 Å². The van der Waals surface area contributed by atoms with Crippen molar-refractivity contribution in [3.05, 3.63) is 23.2 Å². The zero-order valence-corrected chi connectivity index (χ0v) is 13.6.